The Bertz CT molecular complexity index is 499. The minimum absolute atomic E-state index is 0.139. The van der Waals surface area contributed by atoms with E-state index in [0.29, 0.717) is 19.4 Å². The number of carbonyl (C=O) groups is 2. The molecule has 6 heteroatoms. The third-order valence-electron chi connectivity index (χ3n) is 2.52. The van der Waals surface area contributed by atoms with Crippen LogP contribution in [0.15, 0.2) is 24.3 Å². The summed E-state index contributed by atoms with van der Waals surface area (Å²) < 4.78 is 10.4. The van der Waals surface area contributed by atoms with Gasteiger partial charge in [0.05, 0.1) is 6.61 Å². The number of methoxy groups -OCH3 is 1. The third-order valence-corrected chi connectivity index (χ3v) is 2.52. The van der Waals surface area contributed by atoms with Gasteiger partial charge in [-0.2, -0.15) is 0 Å². The van der Waals surface area contributed by atoms with Crippen molar-refractivity contribution in [2.24, 2.45) is 5.73 Å². The molecule has 1 aromatic carbocycles. The van der Waals surface area contributed by atoms with Gasteiger partial charge in [0.2, 0.25) is 0 Å². The number of hydrogen-bond acceptors (Lipinski definition) is 5. The van der Waals surface area contributed by atoms with Crippen molar-refractivity contribution in [2.45, 2.75) is 59.8 Å². The highest BCUT2D eigenvalue weighted by Gasteiger charge is 2.19. The highest BCUT2D eigenvalue weighted by Crippen LogP contribution is 2.12. The van der Waals surface area contributed by atoms with Gasteiger partial charge in [0.25, 0.3) is 0 Å². The van der Waals surface area contributed by atoms with Crippen molar-refractivity contribution in [3.8, 4) is 0 Å². The average molecular weight is 369 g/mol. The zero-order valence-corrected chi connectivity index (χ0v) is 17.4. The number of hydrogen-bond donors (Lipinski definition) is 1. The summed E-state index contributed by atoms with van der Waals surface area (Å²) in [7, 11) is 3.40. The lowest BCUT2D eigenvalue weighted by atomic mass is 10.1. The minimum Gasteiger partial charge on any atom is -0.444 e. The minimum atomic E-state index is -0.469. The van der Waals surface area contributed by atoms with Gasteiger partial charge in [-0.25, -0.2) is 4.79 Å². The van der Waals surface area contributed by atoms with E-state index in [9.17, 15) is 4.79 Å². The predicted octanol–water partition coefficient (Wildman–Crippen LogP) is 3.76. The second kappa shape index (κ2) is 15.3. The Hall–Kier alpha value is -1.92. The van der Waals surface area contributed by atoms with E-state index in [4.69, 9.17) is 14.3 Å². The molecular weight excluding hydrogens is 332 g/mol. The quantitative estimate of drug-likeness (QED) is 0.800. The van der Waals surface area contributed by atoms with Crippen LogP contribution in [0.3, 0.4) is 0 Å². The van der Waals surface area contributed by atoms with Gasteiger partial charge >= 0.3 is 6.09 Å². The predicted molar refractivity (Wildman–Crippen MR) is 106 cm³/mol. The number of carbonyl (C=O) groups excluding carboxylic acids is 2. The largest absolute Gasteiger partial charge is 0.444 e. The molecule has 0 spiro atoms. The number of benzene rings is 1. The number of amides is 1. The molecule has 26 heavy (non-hydrogen) atoms. The van der Waals surface area contributed by atoms with Crippen LogP contribution >= 0.6 is 0 Å². The second-order valence-corrected chi connectivity index (χ2v) is 6.70. The Balaban J connectivity index is 0. The second-order valence-electron chi connectivity index (χ2n) is 6.70. The van der Waals surface area contributed by atoms with Crippen LogP contribution in [0.2, 0.25) is 0 Å². The van der Waals surface area contributed by atoms with E-state index >= 15 is 0 Å². The van der Waals surface area contributed by atoms with Crippen LogP contribution in [0.5, 0.6) is 0 Å². The van der Waals surface area contributed by atoms with Crippen LogP contribution in [0.25, 0.3) is 0 Å². The van der Waals surface area contributed by atoms with Crippen molar-refractivity contribution in [3.05, 3.63) is 35.4 Å². The molecule has 0 aliphatic carbocycles. The summed E-state index contributed by atoms with van der Waals surface area (Å²) in [5.41, 5.74) is 6.34. The van der Waals surface area contributed by atoms with Crippen molar-refractivity contribution >= 4 is 12.4 Å². The molecule has 0 saturated carbocycles. The maximum Gasteiger partial charge on any atom is 0.410 e. The highest BCUT2D eigenvalue weighted by molar-refractivity contribution is 5.67. The Kier molecular flexibility index (Phi) is 15.5. The molecule has 0 bridgehead atoms. The Morgan fingerprint density at radius 3 is 2.15 bits per heavy atom. The molecule has 1 aromatic rings. The van der Waals surface area contributed by atoms with Gasteiger partial charge in [-0.05, 0) is 31.9 Å². The zero-order valence-electron chi connectivity index (χ0n) is 17.4. The number of nitrogens with zero attached hydrogens (tertiary/aromatic N) is 1. The molecule has 2 N–H and O–H groups in total. The first-order valence-electron chi connectivity index (χ1n) is 8.79. The number of rotatable bonds is 5. The first-order chi connectivity index (χ1) is 12.1. The monoisotopic (exact) mass is 368 g/mol. The van der Waals surface area contributed by atoms with E-state index in [2.05, 4.69) is 19.6 Å². The molecular formula is C20H36N2O4. The first kappa shape index (κ1) is 26.3. The third kappa shape index (κ3) is 15.6. The zero-order chi connectivity index (χ0) is 20.6. The van der Waals surface area contributed by atoms with Crippen LogP contribution in [-0.4, -0.2) is 43.6 Å². The van der Waals surface area contributed by atoms with Gasteiger partial charge in [0, 0.05) is 27.2 Å². The standard InChI is InChI=1S/C15H23NO3.C3H8.C2H5NO/c1-15(2,3)19-14(17)16(4)10-12-7-6-8-13(9-12)11-18-5;1-3-2;3-1-2-4/h6-9H,10-11H2,1-5H3;3H2,1-2H3;2H,1,3H2. The lowest BCUT2D eigenvalue weighted by Gasteiger charge is -2.24. The molecule has 0 radical (unpaired) electrons. The molecule has 0 aliphatic rings. The molecule has 1 rings (SSSR count). The van der Waals surface area contributed by atoms with Gasteiger partial charge in [-0.3, -0.25) is 0 Å². The highest BCUT2D eigenvalue weighted by atomic mass is 16.6. The molecule has 0 saturated heterocycles. The van der Waals surface area contributed by atoms with Gasteiger partial charge in [-0.1, -0.05) is 44.5 Å². The van der Waals surface area contributed by atoms with E-state index in [1.54, 1.807) is 19.1 Å². The molecule has 1 amide bonds. The van der Waals surface area contributed by atoms with Gasteiger partial charge in [-0.15, -0.1) is 0 Å². The van der Waals surface area contributed by atoms with Gasteiger partial charge in [0.15, 0.2) is 0 Å². The molecule has 0 heterocycles. The first-order valence-corrected chi connectivity index (χ1v) is 8.79. The van der Waals surface area contributed by atoms with Crippen molar-refractivity contribution in [1.29, 1.82) is 0 Å². The number of ether oxygens (including phenoxy) is 2. The fraction of sp³-hybridized carbons (Fsp3) is 0.600. The van der Waals surface area contributed by atoms with Crippen molar-refractivity contribution in [3.63, 3.8) is 0 Å². The fourth-order valence-electron chi connectivity index (χ4n) is 1.66. The maximum absolute atomic E-state index is 11.9. The molecule has 150 valence electrons. The normalized spacial score (nSPS) is 9.85. The summed E-state index contributed by atoms with van der Waals surface area (Å²) in [6, 6.07) is 7.98. The molecule has 0 fully saturated rings. The lowest BCUT2D eigenvalue weighted by Crippen LogP contribution is -2.33. The number of nitrogens with two attached hydrogens (primary N) is 1. The topological polar surface area (TPSA) is 81.9 Å². The number of aldehydes is 1. The summed E-state index contributed by atoms with van der Waals surface area (Å²) in [4.78, 5) is 22.5. The van der Waals surface area contributed by atoms with Crippen LogP contribution in [-0.2, 0) is 27.4 Å². The van der Waals surface area contributed by atoms with Crippen molar-refractivity contribution in [1.82, 2.24) is 4.90 Å². The summed E-state index contributed by atoms with van der Waals surface area (Å²) >= 11 is 0. The molecule has 0 aliphatic heterocycles. The van der Waals surface area contributed by atoms with Crippen LogP contribution in [0, 0.1) is 0 Å². The van der Waals surface area contributed by atoms with E-state index in [1.165, 1.54) is 6.42 Å². The summed E-state index contributed by atoms with van der Waals surface area (Å²) in [6.07, 6.45) is 1.59. The van der Waals surface area contributed by atoms with E-state index < -0.39 is 5.60 Å². The van der Waals surface area contributed by atoms with Crippen molar-refractivity contribution < 1.29 is 19.1 Å². The van der Waals surface area contributed by atoms with E-state index in [1.807, 2.05) is 45.0 Å². The Morgan fingerprint density at radius 1 is 1.23 bits per heavy atom. The smallest absolute Gasteiger partial charge is 0.410 e. The van der Waals surface area contributed by atoms with Crippen LogP contribution < -0.4 is 5.73 Å². The molecule has 0 unspecified atom stereocenters. The molecule has 0 atom stereocenters. The fourth-order valence-corrected chi connectivity index (χ4v) is 1.66. The SMILES string of the molecule is CCC.COCc1cccc(CN(C)C(=O)OC(C)(C)C)c1.NCC=O. The maximum atomic E-state index is 11.9. The van der Waals surface area contributed by atoms with Gasteiger partial charge < -0.3 is 24.9 Å². The summed E-state index contributed by atoms with van der Waals surface area (Å²) in [5.74, 6) is 0. The van der Waals surface area contributed by atoms with E-state index in [-0.39, 0.29) is 12.6 Å². The van der Waals surface area contributed by atoms with E-state index in [0.717, 1.165) is 11.1 Å². The molecule has 6 nitrogen and oxygen atoms in total. The van der Waals surface area contributed by atoms with Crippen LogP contribution in [0.4, 0.5) is 4.79 Å². The lowest BCUT2D eigenvalue weighted by molar-refractivity contribution is -0.106. The summed E-state index contributed by atoms with van der Waals surface area (Å²) in [6.45, 7) is 11.1. The summed E-state index contributed by atoms with van der Waals surface area (Å²) in [5, 5.41) is 0. The average Bonchev–Trinajstić information content (AvgIpc) is 2.55. The van der Waals surface area contributed by atoms with Crippen molar-refractivity contribution in [2.75, 3.05) is 20.7 Å². The van der Waals surface area contributed by atoms with Gasteiger partial charge in [0.1, 0.15) is 11.9 Å². The Labute approximate surface area is 158 Å². The van der Waals surface area contributed by atoms with Crippen LogP contribution in [0.1, 0.15) is 52.2 Å². The Morgan fingerprint density at radius 2 is 1.73 bits per heavy atom. The molecule has 0 aromatic heterocycles.